The Kier molecular flexibility index (Phi) is 21.0. The number of carboxylic acids is 1. The van der Waals surface area contributed by atoms with E-state index >= 15 is 0 Å². The molecule has 0 heterocycles. The van der Waals surface area contributed by atoms with Crippen molar-refractivity contribution >= 4 is 11.9 Å². The minimum atomic E-state index is -0.873. The first-order valence-electron chi connectivity index (χ1n) is 9.93. The third-order valence-corrected chi connectivity index (χ3v) is 3.42. The number of ether oxygens (including phenoxy) is 6. The third-order valence-electron chi connectivity index (χ3n) is 3.42. The average Bonchev–Trinajstić information content (AvgIpc) is 2.67. The molecule has 0 bridgehead atoms. The summed E-state index contributed by atoms with van der Waals surface area (Å²) in [6.45, 7) is 6.45. The highest BCUT2D eigenvalue weighted by atomic mass is 16.6. The van der Waals surface area contributed by atoms with E-state index < -0.39 is 5.97 Å². The molecule has 0 aromatic carbocycles. The number of carboxylic acid groups (broad SMARTS) is 1. The number of esters is 1. The predicted octanol–water partition coefficient (Wildman–Crippen LogP) is 1.67. The summed E-state index contributed by atoms with van der Waals surface area (Å²) in [5, 5.41) is 8.43. The Hall–Kier alpha value is -1.26. The molecule has 1 N–H and O–H groups in total. The summed E-state index contributed by atoms with van der Waals surface area (Å²) in [6, 6.07) is 0. The Morgan fingerprint density at radius 2 is 1.04 bits per heavy atom. The van der Waals surface area contributed by atoms with E-state index in [1.807, 2.05) is 0 Å². The molecule has 0 aliphatic rings. The third kappa shape index (κ3) is 22.8. The summed E-state index contributed by atoms with van der Waals surface area (Å²) in [4.78, 5) is 21.6. The van der Waals surface area contributed by atoms with Crippen LogP contribution in [-0.4, -0.2) is 89.7 Å². The molecule has 0 radical (unpaired) electrons. The normalized spacial score (nSPS) is 10.9. The molecule has 0 fully saturated rings. The van der Waals surface area contributed by atoms with Crippen LogP contribution in [0.15, 0.2) is 0 Å². The van der Waals surface area contributed by atoms with Crippen molar-refractivity contribution in [3.05, 3.63) is 0 Å². The molecular weight excluding hydrogens is 372 g/mol. The van der Waals surface area contributed by atoms with Crippen molar-refractivity contribution in [2.75, 3.05) is 72.7 Å². The zero-order chi connectivity index (χ0) is 20.7. The Morgan fingerprint density at radius 1 is 0.607 bits per heavy atom. The topological polar surface area (TPSA) is 110 Å². The van der Waals surface area contributed by atoms with Crippen molar-refractivity contribution in [1.82, 2.24) is 0 Å². The van der Waals surface area contributed by atoms with Crippen molar-refractivity contribution in [1.29, 1.82) is 0 Å². The van der Waals surface area contributed by atoms with Crippen molar-refractivity contribution in [2.45, 2.75) is 39.0 Å². The first kappa shape index (κ1) is 26.7. The number of aliphatic carboxylic acids is 1. The monoisotopic (exact) mass is 408 g/mol. The van der Waals surface area contributed by atoms with Gasteiger partial charge >= 0.3 is 11.9 Å². The van der Waals surface area contributed by atoms with Crippen LogP contribution in [0.1, 0.15) is 39.0 Å². The van der Waals surface area contributed by atoms with Gasteiger partial charge < -0.3 is 33.5 Å². The average molecular weight is 408 g/mol. The number of unbranched alkanes of at least 4 members (excludes halogenated alkanes) is 2. The number of carbonyl (C=O) groups is 2. The largest absolute Gasteiger partial charge is 0.481 e. The van der Waals surface area contributed by atoms with E-state index in [4.69, 9.17) is 33.5 Å². The zero-order valence-corrected chi connectivity index (χ0v) is 17.0. The van der Waals surface area contributed by atoms with Crippen molar-refractivity contribution in [3.63, 3.8) is 0 Å². The molecule has 0 aliphatic heterocycles. The second kappa shape index (κ2) is 22.0. The Morgan fingerprint density at radius 3 is 1.46 bits per heavy atom. The molecule has 9 heteroatoms. The molecule has 0 saturated heterocycles. The summed E-state index contributed by atoms with van der Waals surface area (Å²) in [5.74, 6) is -1.04. The SMILES string of the molecule is CCCCCC(=O)OCCOCCOCCOCCOCCOCCC(=O)O. The predicted molar refractivity (Wildman–Crippen MR) is 101 cm³/mol. The van der Waals surface area contributed by atoms with Gasteiger partial charge in [0.1, 0.15) is 6.61 Å². The molecule has 0 aromatic rings. The highest BCUT2D eigenvalue weighted by Crippen LogP contribution is 2.00. The van der Waals surface area contributed by atoms with E-state index in [2.05, 4.69) is 6.92 Å². The summed E-state index contributed by atoms with van der Waals surface area (Å²) in [7, 11) is 0. The van der Waals surface area contributed by atoms with E-state index in [1.165, 1.54) is 0 Å². The maximum Gasteiger partial charge on any atom is 0.305 e. The Balaban J connectivity index is 3.08. The van der Waals surface area contributed by atoms with E-state index in [0.29, 0.717) is 65.9 Å². The number of carbonyl (C=O) groups excluding carboxylic acids is 1. The van der Waals surface area contributed by atoms with Gasteiger partial charge in [0.05, 0.1) is 72.5 Å². The first-order valence-corrected chi connectivity index (χ1v) is 9.93. The smallest absolute Gasteiger partial charge is 0.305 e. The van der Waals surface area contributed by atoms with Gasteiger partial charge in [-0.25, -0.2) is 0 Å². The fraction of sp³-hybridized carbons (Fsp3) is 0.895. The summed E-state index contributed by atoms with van der Waals surface area (Å²) >= 11 is 0. The van der Waals surface area contributed by atoms with Gasteiger partial charge in [-0.15, -0.1) is 0 Å². The fourth-order valence-corrected chi connectivity index (χ4v) is 1.95. The van der Waals surface area contributed by atoms with E-state index in [1.54, 1.807) is 0 Å². The highest BCUT2D eigenvalue weighted by molar-refractivity contribution is 5.69. The molecule has 0 saturated carbocycles. The second-order valence-corrected chi connectivity index (χ2v) is 5.88. The molecule has 0 unspecified atom stereocenters. The second-order valence-electron chi connectivity index (χ2n) is 5.88. The van der Waals surface area contributed by atoms with Crippen LogP contribution in [0.4, 0.5) is 0 Å². The van der Waals surface area contributed by atoms with Crippen LogP contribution in [-0.2, 0) is 38.0 Å². The molecular formula is C19H36O9. The van der Waals surface area contributed by atoms with E-state index in [-0.39, 0.29) is 25.6 Å². The van der Waals surface area contributed by atoms with Gasteiger partial charge in [0, 0.05) is 6.42 Å². The Bertz CT molecular complexity index is 363. The van der Waals surface area contributed by atoms with Crippen LogP contribution in [0.2, 0.25) is 0 Å². The standard InChI is InChI=1S/C19H36O9/c1-2-3-4-5-19(22)28-17-16-27-15-14-26-13-12-25-11-10-24-9-8-23-7-6-18(20)21/h2-17H2,1H3,(H,20,21). The van der Waals surface area contributed by atoms with Crippen LogP contribution in [0.3, 0.4) is 0 Å². The van der Waals surface area contributed by atoms with Crippen LogP contribution in [0, 0.1) is 0 Å². The molecule has 0 aromatic heterocycles. The molecule has 166 valence electrons. The van der Waals surface area contributed by atoms with Gasteiger partial charge in [-0.2, -0.15) is 0 Å². The fourth-order valence-electron chi connectivity index (χ4n) is 1.95. The molecule has 0 rings (SSSR count). The van der Waals surface area contributed by atoms with Crippen molar-refractivity contribution in [3.8, 4) is 0 Å². The number of hydrogen-bond acceptors (Lipinski definition) is 8. The van der Waals surface area contributed by atoms with Gasteiger partial charge in [0.15, 0.2) is 0 Å². The van der Waals surface area contributed by atoms with Gasteiger partial charge in [0.25, 0.3) is 0 Å². The van der Waals surface area contributed by atoms with E-state index in [0.717, 1.165) is 19.3 Å². The molecule has 0 amide bonds. The molecule has 0 spiro atoms. The van der Waals surface area contributed by atoms with Gasteiger partial charge in [0.2, 0.25) is 0 Å². The highest BCUT2D eigenvalue weighted by Gasteiger charge is 2.01. The minimum absolute atomic E-state index is 0.000723. The maximum absolute atomic E-state index is 11.3. The van der Waals surface area contributed by atoms with Crippen molar-refractivity contribution in [2.24, 2.45) is 0 Å². The molecule has 0 atom stereocenters. The van der Waals surface area contributed by atoms with Crippen molar-refractivity contribution < 1.29 is 43.1 Å². The summed E-state index contributed by atoms with van der Waals surface area (Å²) < 4.78 is 31.4. The molecule has 0 aliphatic carbocycles. The van der Waals surface area contributed by atoms with Crippen LogP contribution in [0.25, 0.3) is 0 Å². The summed E-state index contributed by atoms with van der Waals surface area (Å²) in [6.07, 6.45) is 3.48. The lowest BCUT2D eigenvalue weighted by Crippen LogP contribution is -2.15. The number of hydrogen-bond donors (Lipinski definition) is 1. The van der Waals surface area contributed by atoms with E-state index in [9.17, 15) is 9.59 Å². The van der Waals surface area contributed by atoms with Crippen LogP contribution >= 0.6 is 0 Å². The lowest BCUT2D eigenvalue weighted by atomic mass is 10.2. The molecule has 28 heavy (non-hydrogen) atoms. The minimum Gasteiger partial charge on any atom is -0.481 e. The van der Waals surface area contributed by atoms with Crippen LogP contribution in [0.5, 0.6) is 0 Å². The van der Waals surface area contributed by atoms with Crippen LogP contribution < -0.4 is 0 Å². The van der Waals surface area contributed by atoms with Gasteiger partial charge in [-0.05, 0) is 6.42 Å². The zero-order valence-electron chi connectivity index (χ0n) is 17.0. The molecule has 9 nitrogen and oxygen atoms in total. The van der Waals surface area contributed by atoms with Gasteiger partial charge in [-0.3, -0.25) is 9.59 Å². The Labute approximate surface area is 167 Å². The summed E-state index contributed by atoms with van der Waals surface area (Å²) in [5.41, 5.74) is 0. The maximum atomic E-state index is 11.3. The first-order chi connectivity index (χ1) is 13.7. The number of rotatable bonds is 22. The quantitative estimate of drug-likeness (QED) is 0.211. The lowest BCUT2D eigenvalue weighted by molar-refractivity contribution is -0.145. The van der Waals surface area contributed by atoms with Gasteiger partial charge in [-0.1, -0.05) is 19.8 Å². The lowest BCUT2D eigenvalue weighted by Gasteiger charge is -2.08.